The molecular weight excluding hydrogens is 194 g/mol. The fraction of sp³-hybridized carbons (Fsp3) is 0.455. The Balaban J connectivity index is 3.22. The number of phenolic OH excluding ortho intramolecular Hbond substituents is 1. The van der Waals surface area contributed by atoms with E-state index in [0.29, 0.717) is 11.3 Å². The Bertz CT molecular complexity index is 350. The van der Waals surface area contributed by atoms with Gasteiger partial charge in [0, 0.05) is 11.6 Å². The van der Waals surface area contributed by atoms with Crippen molar-refractivity contribution < 1.29 is 14.9 Å². The molecule has 0 aliphatic carbocycles. The number of benzene rings is 1. The lowest BCUT2D eigenvalue weighted by atomic mass is 10.0. The number of hydrogen-bond donors (Lipinski definition) is 3. The Hall–Kier alpha value is -1.26. The first kappa shape index (κ1) is 11.8. The Kier molecular flexibility index (Phi) is 3.55. The summed E-state index contributed by atoms with van der Waals surface area (Å²) in [4.78, 5) is 0. The minimum atomic E-state index is -0.890. The van der Waals surface area contributed by atoms with Crippen LogP contribution in [0.2, 0.25) is 0 Å². The van der Waals surface area contributed by atoms with Crippen LogP contribution in [0.4, 0.5) is 0 Å². The van der Waals surface area contributed by atoms with Crippen LogP contribution in [0.15, 0.2) is 12.1 Å². The zero-order valence-corrected chi connectivity index (χ0v) is 9.19. The van der Waals surface area contributed by atoms with Crippen LogP contribution in [0.5, 0.6) is 11.5 Å². The monoisotopic (exact) mass is 211 g/mol. The second-order valence-electron chi connectivity index (χ2n) is 3.71. The van der Waals surface area contributed by atoms with Crippen molar-refractivity contribution in [3.8, 4) is 11.5 Å². The molecule has 0 heterocycles. The van der Waals surface area contributed by atoms with E-state index in [0.717, 1.165) is 5.56 Å². The molecule has 4 heteroatoms. The van der Waals surface area contributed by atoms with E-state index in [9.17, 15) is 10.2 Å². The molecule has 0 aromatic heterocycles. The Morgan fingerprint density at radius 1 is 1.40 bits per heavy atom. The van der Waals surface area contributed by atoms with Gasteiger partial charge in [0.1, 0.15) is 0 Å². The van der Waals surface area contributed by atoms with Gasteiger partial charge < -0.3 is 20.7 Å². The molecule has 4 nitrogen and oxygen atoms in total. The molecule has 0 saturated carbocycles. The van der Waals surface area contributed by atoms with Crippen LogP contribution in [-0.2, 0) is 0 Å². The van der Waals surface area contributed by atoms with Crippen molar-refractivity contribution in [2.75, 3.05) is 7.11 Å². The Labute approximate surface area is 89.3 Å². The van der Waals surface area contributed by atoms with E-state index in [4.69, 9.17) is 10.5 Å². The molecule has 4 N–H and O–H groups in total. The highest BCUT2D eigenvalue weighted by Crippen LogP contribution is 2.35. The summed E-state index contributed by atoms with van der Waals surface area (Å²) in [5.41, 5.74) is 6.88. The molecule has 0 spiro atoms. The summed E-state index contributed by atoms with van der Waals surface area (Å²) in [5.74, 6) is 0.303. The number of rotatable bonds is 3. The summed E-state index contributed by atoms with van der Waals surface area (Å²) >= 11 is 0. The van der Waals surface area contributed by atoms with Crippen LogP contribution in [0.1, 0.15) is 24.2 Å². The first-order chi connectivity index (χ1) is 6.97. The van der Waals surface area contributed by atoms with Gasteiger partial charge in [-0.25, -0.2) is 0 Å². The van der Waals surface area contributed by atoms with Crippen molar-refractivity contribution in [2.24, 2.45) is 5.73 Å². The maximum atomic E-state index is 9.79. The Morgan fingerprint density at radius 3 is 2.47 bits per heavy atom. The summed E-state index contributed by atoms with van der Waals surface area (Å²) in [5, 5.41) is 19.6. The lowest BCUT2D eigenvalue weighted by Crippen LogP contribution is -2.24. The van der Waals surface area contributed by atoms with Gasteiger partial charge >= 0.3 is 0 Å². The van der Waals surface area contributed by atoms with Gasteiger partial charge in [-0.15, -0.1) is 0 Å². The number of nitrogens with two attached hydrogens (primary N) is 1. The van der Waals surface area contributed by atoms with Crippen molar-refractivity contribution in [1.82, 2.24) is 0 Å². The number of methoxy groups -OCH3 is 1. The number of hydrogen-bond acceptors (Lipinski definition) is 4. The van der Waals surface area contributed by atoms with Crippen molar-refractivity contribution in [1.29, 1.82) is 0 Å². The first-order valence-electron chi connectivity index (χ1n) is 4.78. The van der Waals surface area contributed by atoms with E-state index in [1.165, 1.54) is 7.11 Å². The van der Waals surface area contributed by atoms with Crippen molar-refractivity contribution >= 4 is 0 Å². The van der Waals surface area contributed by atoms with Crippen LogP contribution in [0, 0.1) is 6.92 Å². The summed E-state index contributed by atoms with van der Waals surface area (Å²) in [6.07, 6.45) is -0.890. The normalized spacial score (nSPS) is 14.7. The van der Waals surface area contributed by atoms with E-state index in [1.807, 2.05) is 6.92 Å². The van der Waals surface area contributed by atoms with Crippen LogP contribution in [-0.4, -0.2) is 23.4 Å². The summed E-state index contributed by atoms with van der Waals surface area (Å²) < 4.78 is 4.99. The molecule has 0 saturated heterocycles. The molecule has 0 bridgehead atoms. The third-order valence-electron chi connectivity index (χ3n) is 2.29. The molecule has 15 heavy (non-hydrogen) atoms. The molecule has 0 amide bonds. The number of aliphatic hydroxyl groups excluding tert-OH is 1. The molecular formula is C11H17NO3. The fourth-order valence-corrected chi connectivity index (χ4v) is 1.44. The molecule has 0 aliphatic rings. The zero-order chi connectivity index (χ0) is 11.6. The zero-order valence-electron chi connectivity index (χ0n) is 9.19. The van der Waals surface area contributed by atoms with Crippen molar-refractivity contribution in [2.45, 2.75) is 26.0 Å². The maximum Gasteiger partial charge on any atom is 0.163 e. The molecule has 1 rings (SSSR count). The molecule has 0 aliphatic heterocycles. The third-order valence-corrected chi connectivity index (χ3v) is 2.29. The first-order valence-corrected chi connectivity index (χ1v) is 4.78. The number of aromatic hydroxyl groups is 1. The van der Waals surface area contributed by atoms with Crippen LogP contribution < -0.4 is 10.5 Å². The van der Waals surface area contributed by atoms with Crippen molar-refractivity contribution in [3.05, 3.63) is 23.3 Å². The number of aliphatic hydroxyl groups is 1. The fourth-order valence-electron chi connectivity index (χ4n) is 1.44. The lowest BCUT2D eigenvalue weighted by Gasteiger charge is -2.18. The number of ether oxygens (including phenoxy) is 1. The highest BCUT2D eigenvalue weighted by Gasteiger charge is 2.19. The van der Waals surface area contributed by atoms with E-state index in [1.54, 1.807) is 19.1 Å². The molecule has 2 unspecified atom stereocenters. The summed E-state index contributed by atoms with van der Waals surface area (Å²) in [7, 11) is 1.47. The quantitative estimate of drug-likeness (QED) is 0.699. The summed E-state index contributed by atoms with van der Waals surface area (Å²) in [6, 6.07) is 2.96. The second kappa shape index (κ2) is 4.51. The predicted molar refractivity (Wildman–Crippen MR) is 58.0 cm³/mol. The van der Waals surface area contributed by atoms with Gasteiger partial charge in [0.15, 0.2) is 11.5 Å². The average molecular weight is 211 g/mol. The summed E-state index contributed by atoms with van der Waals surface area (Å²) in [6.45, 7) is 3.54. The standard InChI is InChI=1S/C11H17NO3/c1-6-4-8(10(13)7(2)12)11(14)9(5-6)15-3/h4-5,7,10,13-14H,12H2,1-3H3. The molecule has 84 valence electrons. The van der Waals surface area contributed by atoms with Crippen LogP contribution in [0.3, 0.4) is 0 Å². The number of phenols is 1. The molecule has 0 fully saturated rings. The SMILES string of the molecule is COc1cc(C)cc(C(O)C(C)N)c1O. The number of aryl methyl sites for hydroxylation is 1. The smallest absolute Gasteiger partial charge is 0.163 e. The maximum absolute atomic E-state index is 9.79. The van der Waals surface area contributed by atoms with Gasteiger partial charge in [-0.05, 0) is 31.5 Å². The minimum Gasteiger partial charge on any atom is -0.504 e. The van der Waals surface area contributed by atoms with Gasteiger partial charge in [-0.2, -0.15) is 0 Å². The Morgan fingerprint density at radius 2 is 2.00 bits per heavy atom. The van der Waals surface area contributed by atoms with Gasteiger partial charge in [0.05, 0.1) is 13.2 Å². The average Bonchev–Trinajstić information content (AvgIpc) is 2.19. The van der Waals surface area contributed by atoms with Crippen LogP contribution >= 0.6 is 0 Å². The van der Waals surface area contributed by atoms with Gasteiger partial charge in [0.2, 0.25) is 0 Å². The molecule has 1 aromatic rings. The minimum absolute atomic E-state index is 0.0482. The van der Waals surface area contributed by atoms with E-state index in [-0.39, 0.29) is 5.75 Å². The third kappa shape index (κ3) is 2.40. The van der Waals surface area contributed by atoms with Gasteiger partial charge in [-0.1, -0.05) is 0 Å². The largest absolute Gasteiger partial charge is 0.504 e. The van der Waals surface area contributed by atoms with Gasteiger partial charge in [-0.3, -0.25) is 0 Å². The van der Waals surface area contributed by atoms with E-state index in [2.05, 4.69) is 0 Å². The highest BCUT2D eigenvalue weighted by molar-refractivity contribution is 5.49. The predicted octanol–water partition coefficient (Wildman–Crippen LogP) is 1.09. The molecule has 0 radical (unpaired) electrons. The highest BCUT2D eigenvalue weighted by atomic mass is 16.5. The molecule has 1 aromatic carbocycles. The van der Waals surface area contributed by atoms with E-state index >= 15 is 0 Å². The van der Waals surface area contributed by atoms with Crippen LogP contribution in [0.25, 0.3) is 0 Å². The lowest BCUT2D eigenvalue weighted by molar-refractivity contribution is 0.149. The molecule has 2 atom stereocenters. The van der Waals surface area contributed by atoms with Gasteiger partial charge in [0.25, 0.3) is 0 Å². The second-order valence-corrected chi connectivity index (χ2v) is 3.71. The van der Waals surface area contributed by atoms with E-state index < -0.39 is 12.1 Å². The van der Waals surface area contributed by atoms with Crippen molar-refractivity contribution in [3.63, 3.8) is 0 Å². The topological polar surface area (TPSA) is 75.7 Å².